The van der Waals surface area contributed by atoms with Crippen LogP contribution in [0, 0.1) is 5.82 Å². The van der Waals surface area contributed by atoms with E-state index in [1.807, 2.05) is 0 Å². The number of nitrogens with one attached hydrogen (secondary N) is 1. The fourth-order valence-electron chi connectivity index (χ4n) is 1.23. The van der Waals surface area contributed by atoms with Gasteiger partial charge in [0.05, 0.1) is 16.2 Å². The van der Waals surface area contributed by atoms with E-state index in [-0.39, 0.29) is 10.7 Å². The molecule has 0 aromatic carbocycles. The third-order valence-electron chi connectivity index (χ3n) is 2.04. The number of hydrogen-bond donors (Lipinski definition) is 1. The summed E-state index contributed by atoms with van der Waals surface area (Å²) in [7, 11) is 0. The normalized spacial score (nSPS) is 10.2. The Hall–Kier alpha value is -1.53. The van der Waals surface area contributed by atoms with Crippen molar-refractivity contribution in [2.75, 3.05) is 5.32 Å². The lowest BCUT2D eigenvalue weighted by Gasteiger charge is -2.06. The lowest BCUT2D eigenvalue weighted by Crippen LogP contribution is -2.14. The average Bonchev–Trinajstić information content (AvgIpc) is 2.35. The predicted molar refractivity (Wildman–Crippen MR) is 69.1 cm³/mol. The maximum absolute atomic E-state index is 13.0. The van der Waals surface area contributed by atoms with Crippen molar-refractivity contribution >= 4 is 39.3 Å². The highest BCUT2D eigenvalue weighted by Crippen LogP contribution is 2.20. The van der Waals surface area contributed by atoms with Crippen LogP contribution in [-0.2, 0) is 0 Å². The van der Waals surface area contributed by atoms with Gasteiger partial charge in [-0.25, -0.2) is 14.4 Å². The molecule has 7 heteroatoms. The van der Waals surface area contributed by atoms with E-state index in [9.17, 15) is 9.18 Å². The van der Waals surface area contributed by atoms with Gasteiger partial charge < -0.3 is 5.32 Å². The van der Waals surface area contributed by atoms with Gasteiger partial charge in [-0.15, -0.1) is 0 Å². The van der Waals surface area contributed by atoms with Gasteiger partial charge in [0.2, 0.25) is 0 Å². The van der Waals surface area contributed by atoms with Crippen molar-refractivity contribution in [1.82, 2.24) is 9.97 Å². The van der Waals surface area contributed by atoms with Crippen molar-refractivity contribution in [2.45, 2.75) is 0 Å². The van der Waals surface area contributed by atoms with Crippen LogP contribution in [-0.4, -0.2) is 15.9 Å². The number of halogens is 3. The summed E-state index contributed by atoms with van der Waals surface area (Å²) in [5.41, 5.74) is -0.0470. The van der Waals surface area contributed by atoms with Gasteiger partial charge in [-0.1, -0.05) is 11.6 Å². The van der Waals surface area contributed by atoms with Crippen LogP contribution in [0.1, 0.15) is 10.4 Å². The Labute approximate surface area is 115 Å². The van der Waals surface area contributed by atoms with E-state index in [1.54, 1.807) is 12.1 Å². The molecule has 0 saturated carbocycles. The van der Waals surface area contributed by atoms with E-state index in [2.05, 4.69) is 31.2 Å². The molecular weight excluding hydrogens is 324 g/mol. The molecule has 0 unspecified atom stereocenters. The van der Waals surface area contributed by atoms with Gasteiger partial charge in [0.1, 0.15) is 16.8 Å². The number of nitrogens with zero attached hydrogens (tertiary/aromatic N) is 2. The Balaban J connectivity index is 2.28. The summed E-state index contributed by atoms with van der Waals surface area (Å²) in [6.45, 7) is 0. The minimum absolute atomic E-state index is 0.0470. The Morgan fingerprint density at radius 3 is 2.94 bits per heavy atom. The maximum atomic E-state index is 13.0. The lowest BCUT2D eigenvalue weighted by atomic mass is 10.2. The first-order valence-electron chi connectivity index (χ1n) is 4.81. The first-order chi connectivity index (χ1) is 8.58. The average molecular weight is 331 g/mol. The molecule has 0 aliphatic carbocycles. The number of pyridine rings is 2. The zero-order valence-corrected chi connectivity index (χ0v) is 11.2. The molecule has 1 N–H and O–H groups in total. The lowest BCUT2D eigenvalue weighted by molar-refractivity contribution is 0.102. The molecule has 2 rings (SSSR count). The molecule has 1 amide bonds. The second kappa shape index (κ2) is 5.41. The predicted octanol–water partition coefficient (Wildman–Crippen LogP) is 3.28. The van der Waals surface area contributed by atoms with E-state index in [0.29, 0.717) is 10.3 Å². The first-order valence-corrected chi connectivity index (χ1v) is 5.98. The van der Waals surface area contributed by atoms with Crippen molar-refractivity contribution in [2.24, 2.45) is 0 Å². The number of anilines is 1. The maximum Gasteiger partial charge on any atom is 0.260 e. The van der Waals surface area contributed by atoms with Gasteiger partial charge in [-0.05, 0) is 34.1 Å². The molecular formula is C11H6BrClFN3O. The molecule has 0 atom stereocenters. The van der Waals surface area contributed by atoms with Crippen LogP contribution < -0.4 is 5.32 Å². The molecule has 0 aliphatic heterocycles. The Kier molecular flexibility index (Phi) is 3.88. The van der Waals surface area contributed by atoms with Gasteiger partial charge in [0.25, 0.3) is 5.91 Å². The molecule has 0 bridgehead atoms. The van der Waals surface area contributed by atoms with Gasteiger partial charge in [-0.3, -0.25) is 4.79 Å². The number of carbonyl (C=O) groups is 1. The van der Waals surface area contributed by atoms with E-state index in [1.165, 1.54) is 6.20 Å². The Bertz CT molecular complexity index is 609. The highest BCUT2D eigenvalue weighted by molar-refractivity contribution is 9.10. The molecule has 0 aliphatic rings. The van der Waals surface area contributed by atoms with Crippen LogP contribution in [0.3, 0.4) is 0 Å². The van der Waals surface area contributed by atoms with E-state index in [0.717, 1.165) is 12.3 Å². The topological polar surface area (TPSA) is 54.9 Å². The summed E-state index contributed by atoms with van der Waals surface area (Å²) in [6, 6.07) is 4.44. The standard InChI is InChI=1S/C11H6BrClFN3O/c12-8-2-1-3-15-10(8)17-11(18)7-4-6(14)5-16-9(7)13/h1-5H,(H,15,17,18). The van der Waals surface area contributed by atoms with E-state index in [4.69, 9.17) is 11.6 Å². The molecule has 2 aromatic rings. The third kappa shape index (κ3) is 2.83. The Morgan fingerprint density at radius 1 is 1.44 bits per heavy atom. The second-order valence-corrected chi connectivity index (χ2v) is 4.49. The fraction of sp³-hybridized carbons (Fsp3) is 0. The number of carbonyl (C=O) groups excluding carboxylic acids is 1. The third-order valence-corrected chi connectivity index (χ3v) is 2.98. The van der Waals surface area contributed by atoms with Gasteiger partial charge >= 0.3 is 0 Å². The van der Waals surface area contributed by atoms with Gasteiger partial charge in [0.15, 0.2) is 0 Å². The molecule has 0 spiro atoms. The smallest absolute Gasteiger partial charge is 0.260 e. The van der Waals surface area contributed by atoms with Crippen LogP contribution in [0.2, 0.25) is 5.15 Å². The van der Waals surface area contributed by atoms with Crippen molar-refractivity contribution in [3.63, 3.8) is 0 Å². The molecule has 0 radical (unpaired) electrons. The number of amides is 1. The zero-order valence-electron chi connectivity index (χ0n) is 8.82. The molecule has 0 fully saturated rings. The number of rotatable bonds is 2. The van der Waals surface area contributed by atoms with E-state index >= 15 is 0 Å². The number of hydrogen-bond acceptors (Lipinski definition) is 3. The minimum Gasteiger partial charge on any atom is -0.306 e. The van der Waals surface area contributed by atoms with Crippen LogP contribution >= 0.6 is 27.5 Å². The van der Waals surface area contributed by atoms with Crippen LogP contribution in [0.15, 0.2) is 35.1 Å². The first kappa shape index (κ1) is 12.9. The SMILES string of the molecule is O=C(Nc1ncccc1Br)c1cc(F)cnc1Cl. The van der Waals surface area contributed by atoms with Crippen LogP contribution in [0.4, 0.5) is 10.2 Å². The Morgan fingerprint density at radius 2 is 2.22 bits per heavy atom. The van der Waals surface area contributed by atoms with Crippen molar-refractivity contribution < 1.29 is 9.18 Å². The summed E-state index contributed by atoms with van der Waals surface area (Å²) < 4.78 is 13.6. The highest BCUT2D eigenvalue weighted by Gasteiger charge is 2.14. The van der Waals surface area contributed by atoms with Crippen molar-refractivity contribution in [1.29, 1.82) is 0 Å². The molecule has 2 aromatic heterocycles. The quantitative estimate of drug-likeness (QED) is 0.860. The summed E-state index contributed by atoms with van der Waals surface area (Å²) in [5.74, 6) is -0.890. The molecule has 18 heavy (non-hydrogen) atoms. The summed E-state index contributed by atoms with van der Waals surface area (Å²) in [6.07, 6.45) is 2.46. The highest BCUT2D eigenvalue weighted by atomic mass is 79.9. The summed E-state index contributed by atoms with van der Waals surface area (Å²) >= 11 is 8.96. The fourth-order valence-corrected chi connectivity index (χ4v) is 1.78. The molecule has 0 saturated heterocycles. The summed E-state index contributed by atoms with van der Waals surface area (Å²) in [4.78, 5) is 19.4. The van der Waals surface area contributed by atoms with Crippen LogP contribution in [0.25, 0.3) is 0 Å². The zero-order chi connectivity index (χ0) is 13.1. The molecule has 4 nitrogen and oxygen atoms in total. The number of aromatic nitrogens is 2. The largest absolute Gasteiger partial charge is 0.306 e. The van der Waals surface area contributed by atoms with Crippen molar-refractivity contribution in [3.05, 3.63) is 51.6 Å². The van der Waals surface area contributed by atoms with Crippen LogP contribution in [0.5, 0.6) is 0 Å². The summed E-state index contributed by atoms with van der Waals surface area (Å²) in [5, 5.41) is 2.44. The van der Waals surface area contributed by atoms with Gasteiger partial charge in [-0.2, -0.15) is 0 Å². The van der Waals surface area contributed by atoms with Gasteiger partial charge in [0, 0.05) is 6.20 Å². The second-order valence-electron chi connectivity index (χ2n) is 3.28. The van der Waals surface area contributed by atoms with E-state index < -0.39 is 11.7 Å². The van der Waals surface area contributed by atoms with Crippen molar-refractivity contribution in [3.8, 4) is 0 Å². The molecule has 2 heterocycles. The monoisotopic (exact) mass is 329 g/mol. The molecule has 92 valence electrons. The minimum atomic E-state index is -0.635.